The van der Waals surface area contributed by atoms with Crippen LogP contribution in [0.1, 0.15) is 52.0 Å². The summed E-state index contributed by atoms with van der Waals surface area (Å²) in [5.41, 5.74) is 6.66. The molecule has 0 fully saturated rings. The molecule has 0 atom stereocenters. The Hall–Kier alpha value is -2.16. The van der Waals surface area contributed by atoms with Crippen molar-refractivity contribution in [2.45, 2.75) is 58.5 Å². The van der Waals surface area contributed by atoms with Gasteiger partial charge in [0.25, 0.3) is 0 Å². The molecule has 0 bridgehead atoms. The van der Waals surface area contributed by atoms with Crippen LogP contribution in [0.3, 0.4) is 0 Å². The molecule has 1 heterocycles. The monoisotopic (exact) mass is 675 g/mol. The molecule has 0 aliphatic heterocycles. The standard InChI is InChI=1S/C22H16N.C15H25O.2ClH.Zr/c1-23-21-11-3-2-8-19(21)20-14-16(12-13-22(20)23)18-10-5-7-15-6-4-9-17(15)18;1-15(2,3)16-13-9-5-4-6-10-14-11-7-8-12-14;;;/h2-14H,1H3;7-8,11-12H,4-6,9-10,13H2,1-3H3;2*1H;/q2*-1;;;+4/p-2. The maximum atomic E-state index is 5.68. The first-order valence-corrected chi connectivity index (χ1v) is 21.1. The molecule has 0 saturated carbocycles. The SMILES string of the molecule is CC(C)(C)OCCCCCCc1cc[cH-]c1.Cn1c2ccccc2c2cc(-c3cccc4[cH-]ccc34)ccc21.[Cl][Zr+2][Cl]. The molecular formula is C37H41Cl2NOZr. The summed E-state index contributed by atoms with van der Waals surface area (Å²) in [7, 11) is 12.0. The van der Waals surface area contributed by atoms with Crippen LogP contribution in [0.15, 0.2) is 103 Å². The molecule has 5 aromatic carbocycles. The van der Waals surface area contributed by atoms with E-state index in [1.165, 1.54) is 81.4 Å². The number of para-hydroxylation sites is 1. The zero-order valence-corrected chi connectivity index (χ0v) is 29.1. The summed E-state index contributed by atoms with van der Waals surface area (Å²) in [5.74, 6) is 0. The summed E-state index contributed by atoms with van der Waals surface area (Å²) in [6.07, 6.45) is 6.33. The van der Waals surface area contributed by atoms with Gasteiger partial charge in [-0.1, -0.05) is 61.6 Å². The van der Waals surface area contributed by atoms with Crippen molar-refractivity contribution >= 4 is 49.6 Å². The number of halogens is 2. The third kappa shape index (κ3) is 8.93. The number of nitrogens with zero attached hydrogens (tertiary/aromatic N) is 1. The van der Waals surface area contributed by atoms with E-state index >= 15 is 0 Å². The molecule has 0 radical (unpaired) electrons. The Balaban J connectivity index is 0.000000188. The van der Waals surface area contributed by atoms with E-state index in [4.69, 9.17) is 21.8 Å². The molecule has 0 aliphatic rings. The third-order valence-electron chi connectivity index (χ3n) is 7.53. The predicted molar refractivity (Wildman–Crippen MR) is 181 cm³/mol. The average Bonchev–Trinajstić information content (AvgIpc) is 3.73. The van der Waals surface area contributed by atoms with E-state index in [1.807, 2.05) is 0 Å². The fourth-order valence-electron chi connectivity index (χ4n) is 5.49. The number of unbranched alkanes of at least 4 members (excludes halogenated alkanes) is 3. The van der Waals surface area contributed by atoms with Crippen LogP contribution in [0.5, 0.6) is 0 Å². The van der Waals surface area contributed by atoms with Gasteiger partial charge in [-0.2, -0.15) is 35.9 Å². The molecule has 0 N–H and O–H groups in total. The Bertz CT molecular complexity index is 1660. The van der Waals surface area contributed by atoms with Crippen LogP contribution in [-0.2, 0) is 39.1 Å². The number of fused-ring (bicyclic) bond motifs is 4. The molecular weight excluding hydrogens is 637 g/mol. The van der Waals surface area contributed by atoms with E-state index in [0.29, 0.717) is 0 Å². The first kappa shape index (κ1) is 32.8. The van der Waals surface area contributed by atoms with Gasteiger partial charge in [-0.05, 0) is 51.0 Å². The summed E-state index contributed by atoms with van der Waals surface area (Å²) >= 11 is -0.826. The quantitative estimate of drug-likeness (QED) is 0.116. The van der Waals surface area contributed by atoms with Gasteiger partial charge in [0.15, 0.2) is 0 Å². The van der Waals surface area contributed by atoms with Gasteiger partial charge in [0.1, 0.15) is 0 Å². The Morgan fingerprint density at radius 1 is 0.786 bits per heavy atom. The van der Waals surface area contributed by atoms with Gasteiger partial charge < -0.3 is 9.30 Å². The maximum absolute atomic E-state index is 5.68. The van der Waals surface area contributed by atoms with Crippen LogP contribution >= 0.6 is 17.0 Å². The summed E-state index contributed by atoms with van der Waals surface area (Å²) in [4.78, 5) is 0. The average molecular weight is 678 g/mol. The van der Waals surface area contributed by atoms with Crippen LogP contribution in [0, 0.1) is 0 Å². The Labute approximate surface area is 270 Å². The van der Waals surface area contributed by atoms with Gasteiger partial charge in [-0.3, -0.25) is 0 Å². The Kier molecular flexibility index (Phi) is 12.5. The first-order valence-electron chi connectivity index (χ1n) is 14.7. The number of aromatic nitrogens is 1. The van der Waals surface area contributed by atoms with Crippen molar-refractivity contribution in [3.05, 3.63) is 109 Å². The van der Waals surface area contributed by atoms with Gasteiger partial charge in [0, 0.05) is 35.5 Å². The van der Waals surface area contributed by atoms with Crippen LogP contribution in [0.4, 0.5) is 0 Å². The zero-order chi connectivity index (χ0) is 30.0. The second-order valence-corrected chi connectivity index (χ2v) is 15.4. The number of rotatable bonds is 8. The van der Waals surface area contributed by atoms with Crippen molar-refractivity contribution < 1.29 is 25.6 Å². The molecule has 1 aromatic heterocycles. The molecule has 6 aromatic rings. The van der Waals surface area contributed by atoms with Crippen molar-refractivity contribution in [3.63, 3.8) is 0 Å². The minimum absolute atomic E-state index is 0.0231. The van der Waals surface area contributed by atoms with Crippen LogP contribution in [0.2, 0.25) is 0 Å². The topological polar surface area (TPSA) is 14.2 Å². The van der Waals surface area contributed by atoms with Crippen molar-refractivity contribution in [2.75, 3.05) is 6.61 Å². The van der Waals surface area contributed by atoms with E-state index in [9.17, 15) is 0 Å². The second-order valence-electron chi connectivity index (χ2n) is 11.6. The van der Waals surface area contributed by atoms with E-state index < -0.39 is 20.8 Å². The van der Waals surface area contributed by atoms with E-state index in [2.05, 4.69) is 136 Å². The van der Waals surface area contributed by atoms with Gasteiger partial charge in [0.05, 0.1) is 5.60 Å². The van der Waals surface area contributed by atoms with E-state index in [-0.39, 0.29) is 5.60 Å². The summed E-state index contributed by atoms with van der Waals surface area (Å²) in [6.45, 7) is 7.24. The van der Waals surface area contributed by atoms with Gasteiger partial charge in [-0.15, -0.1) is 29.0 Å². The second kappa shape index (κ2) is 16.1. The molecule has 0 aliphatic carbocycles. The molecule has 0 spiro atoms. The summed E-state index contributed by atoms with van der Waals surface area (Å²) in [6, 6.07) is 37.1. The molecule has 0 unspecified atom stereocenters. The summed E-state index contributed by atoms with van der Waals surface area (Å²) < 4.78 is 7.96. The van der Waals surface area contributed by atoms with Crippen LogP contribution < -0.4 is 0 Å². The Morgan fingerprint density at radius 2 is 1.55 bits per heavy atom. The molecule has 0 saturated heterocycles. The first-order chi connectivity index (χ1) is 20.3. The summed E-state index contributed by atoms with van der Waals surface area (Å²) in [5, 5.41) is 5.28. The minimum atomic E-state index is -0.826. The molecule has 218 valence electrons. The van der Waals surface area contributed by atoms with Gasteiger partial charge >= 0.3 is 37.9 Å². The molecule has 2 nitrogen and oxygen atoms in total. The molecule has 5 heteroatoms. The van der Waals surface area contributed by atoms with Crippen molar-refractivity contribution in [3.8, 4) is 11.1 Å². The van der Waals surface area contributed by atoms with Crippen molar-refractivity contribution in [1.29, 1.82) is 0 Å². The number of hydrogen-bond donors (Lipinski definition) is 0. The van der Waals surface area contributed by atoms with E-state index in [1.54, 1.807) is 0 Å². The van der Waals surface area contributed by atoms with Gasteiger partial charge in [-0.25, -0.2) is 6.07 Å². The Morgan fingerprint density at radius 3 is 2.31 bits per heavy atom. The third-order valence-corrected chi connectivity index (χ3v) is 7.53. The number of benzene rings is 3. The number of aryl methyl sites for hydroxylation is 2. The predicted octanol–water partition coefficient (Wildman–Crippen LogP) is 11.6. The zero-order valence-electron chi connectivity index (χ0n) is 25.2. The van der Waals surface area contributed by atoms with Crippen LogP contribution in [0.25, 0.3) is 43.7 Å². The van der Waals surface area contributed by atoms with Crippen molar-refractivity contribution in [2.24, 2.45) is 7.05 Å². The normalized spacial score (nSPS) is 11.2. The van der Waals surface area contributed by atoms with E-state index in [0.717, 1.165) is 6.61 Å². The molecule has 42 heavy (non-hydrogen) atoms. The number of hydrogen-bond acceptors (Lipinski definition) is 1. The van der Waals surface area contributed by atoms with Crippen LogP contribution in [-0.4, -0.2) is 16.8 Å². The van der Waals surface area contributed by atoms with Gasteiger partial charge in [0.2, 0.25) is 0 Å². The molecule has 6 rings (SSSR count). The fraction of sp³-hybridized carbons (Fsp3) is 0.297. The van der Waals surface area contributed by atoms with Crippen molar-refractivity contribution in [1.82, 2.24) is 4.57 Å². The fourth-order valence-corrected chi connectivity index (χ4v) is 5.49. The number of ether oxygens (including phenoxy) is 1. The molecule has 0 amide bonds.